The first kappa shape index (κ1) is 23.3. The molecule has 4 rings (SSSR count). The second-order valence-corrected chi connectivity index (χ2v) is 9.36. The van der Waals surface area contributed by atoms with Crippen LogP contribution in [-0.4, -0.2) is 54.1 Å². The molecule has 1 aliphatic carbocycles. The van der Waals surface area contributed by atoms with Crippen molar-refractivity contribution in [2.24, 2.45) is 0 Å². The maximum atomic E-state index is 14.7. The topological polar surface area (TPSA) is 105 Å². The molecule has 2 unspecified atom stereocenters. The third kappa shape index (κ3) is 4.00. The minimum absolute atomic E-state index is 0.0509. The van der Waals surface area contributed by atoms with E-state index in [1.54, 1.807) is 0 Å². The van der Waals surface area contributed by atoms with Crippen LogP contribution in [0.3, 0.4) is 0 Å². The molecule has 2 atom stereocenters. The van der Waals surface area contributed by atoms with Crippen LogP contribution in [0, 0.1) is 5.95 Å². The van der Waals surface area contributed by atoms with Crippen molar-refractivity contribution in [2.75, 3.05) is 0 Å². The Bertz CT molecular complexity index is 1140. The molecule has 1 aromatic carbocycles. The molecular formula is C21H23F4N3O5. The number of carbonyl (C=O) groups excluding carboxylic acids is 1. The van der Waals surface area contributed by atoms with Gasteiger partial charge in [0.15, 0.2) is 5.72 Å². The van der Waals surface area contributed by atoms with Gasteiger partial charge < -0.3 is 14.9 Å². The second-order valence-electron chi connectivity index (χ2n) is 9.36. The zero-order valence-corrected chi connectivity index (χ0v) is 18.1. The standard InChI is InChI=1S/C21H23F4N3O5/c1-10-4-12(29)9-20(3,27(10)18(30)31)33-13-5-14-16(15(6-13)21(23,24)25)28(26-17(14)22)11-7-19(2,32)8-11/h5-6,10-11,32H,4,7-9H2,1-3H3,(H,30,31). The number of fused-ring (bicyclic) bond motifs is 1. The van der Waals surface area contributed by atoms with Gasteiger partial charge in [0.25, 0.3) is 0 Å². The normalized spacial score (nSPS) is 30.4. The molecule has 2 heterocycles. The lowest BCUT2D eigenvalue weighted by atomic mass is 9.77. The Morgan fingerprint density at radius 2 is 1.91 bits per heavy atom. The molecule has 2 N–H and O–H groups in total. The SMILES string of the molecule is CC1CC(=O)CC(C)(Oc2cc(C(F)(F)F)c3c(c2)c(F)nn3C2CC(C)(O)C2)N1C(=O)O. The van der Waals surface area contributed by atoms with E-state index in [9.17, 15) is 37.4 Å². The highest BCUT2D eigenvalue weighted by molar-refractivity contribution is 5.86. The van der Waals surface area contributed by atoms with E-state index in [0.29, 0.717) is 6.07 Å². The van der Waals surface area contributed by atoms with Crippen molar-refractivity contribution in [3.05, 3.63) is 23.6 Å². The number of amides is 1. The van der Waals surface area contributed by atoms with Gasteiger partial charge in [-0.05, 0) is 45.7 Å². The number of aliphatic hydroxyl groups is 1. The highest BCUT2D eigenvalue weighted by atomic mass is 19.4. The Kier molecular flexibility index (Phi) is 5.15. The van der Waals surface area contributed by atoms with E-state index >= 15 is 0 Å². The minimum Gasteiger partial charge on any atom is -0.468 e. The van der Waals surface area contributed by atoms with Crippen LogP contribution in [0.4, 0.5) is 22.4 Å². The summed E-state index contributed by atoms with van der Waals surface area (Å²) < 4.78 is 63.3. The number of aromatic nitrogens is 2. The predicted molar refractivity (Wildman–Crippen MR) is 106 cm³/mol. The average molecular weight is 473 g/mol. The van der Waals surface area contributed by atoms with Crippen LogP contribution in [-0.2, 0) is 11.0 Å². The predicted octanol–water partition coefficient (Wildman–Crippen LogP) is 4.11. The molecule has 1 amide bonds. The van der Waals surface area contributed by atoms with Crippen molar-refractivity contribution < 1.29 is 42.1 Å². The molecule has 2 fully saturated rings. The molecule has 2 aliphatic rings. The summed E-state index contributed by atoms with van der Waals surface area (Å²) in [4.78, 5) is 24.8. The van der Waals surface area contributed by atoms with Crippen LogP contribution in [0.15, 0.2) is 12.1 Å². The Balaban J connectivity index is 1.82. The summed E-state index contributed by atoms with van der Waals surface area (Å²) in [6, 6.07) is 0.309. The van der Waals surface area contributed by atoms with E-state index in [2.05, 4.69) is 5.10 Å². The Morgan fingerprint density at radius 3 is 2.45 bits per heavy atom. The fourth-order valence-corrected chi connectivity index (χ4v) is 5.02. The molecule has 8 nitrogen and oxygen atoms in total. The molecule has 2 aromatic rings. The van der Waals surface area contributed by atoms with Gasteiger partial charge in [0.2, 0.25) is 5.95 Å². The van der Waals surface area contributed by atoms with Gasteiger partial charge in [0.1, 0.15) is 11.5 Å². The number of ether oxygens (including phenoxy) is 1. The number of carboxylic acid groups (broad SMARTS) is 1. The zero-order chi connectivity index (χ0) is 24.5. The summed E-state index contributed by atoms with van der Waals surface area (Å²) in [7, 11) is 0. The highest BCUT2D eigenvalue weighted by Crippen LogP contribution is 2.46. The number of hydrogen-bond acceptors (Lipinski definition) is 5. The summed E-state index contributed by atoms with van der Waals surface area (Å²) in [5, 5.41) is 22.8. The third-order valence-corrected chi connectivity index (χ3v) is 6.27. The summed E-state index contributed by atoms with van der Waals surface area (Å²) in [6.07, 6.45) is -6.50. The maximum Gasteiger partial charge on any atom is 0.418 e. The van der Waals surface area contributed by atoms with E-state index in [1.807, 2.05) is 0 Å². The number of alkyl halides is 3. The number of benzene rings is 1. The number of piperidine rings is 1. The van der Waals surface area contributed by atoms with Crippen LogP contribution in [0.2, 0.25) is 0 Å². The molecule has 1 saturated heterocycles. The maximum absolute atomic E-state index is 14.7. The Labute approximate surface area is 185 Å². The van der Waals surface area contributed by atoms with Gasteiger partial charge in [-0.25, -0.2) is 4.79 Å². The molecule has 180 valence electrons. The molecule has 33 heavy (non-hydrogen) atoms. The second kappa shape index (κ2) is 7.31. The summed E-state index contributed by atoms with van der Waals surface area (Å²) in [5.41, 5.74) is -4.55. The van der Waals surface area contributed by atoms with E-state index < -0.39 is 63.8 Å². The first-order valence-electron chi connectivity index (χ1n) is 10.4. The van der Waals surface area contributed by atoms with Crippen molar-refractivity contribution >= 4 is 22.8 Å². The fraction of sp³-hybridized carbons (Fsp3) is 0.571. The minimum atomic E-state index is -4.91. The summed E-state index contributed by atoms with van der Waals surface area (Å²) in [5.74, 6) is -1.90. The molecule has 1 aromatic heterocycles. The number of ketones is 1. The van der Waals surface area contributed by atoms with E-state index in [0.717, 1.165) is 15.6 Å². The van der Waals surface area contributed by atoms with Crippen molar-refractivity contribution in [1.82, 2.24) is 14.7 Å². The molecule has 0 bridgehead atoms. The van der Waals surface area contributed by atoms with Crippen LogP contribution in [0.5, 0.6) is 5.75 Å². The molecule has 0 spiro atoms. The number of Topliss-reactive ketones (excluding diaryl/α,β-unsaturated/α-hetero) is 1. The van der Waals surface area contributed by atoms with Crippen molar-refractivity contribution in [2.45, 2.75) is 76.0 Å². The van der Waals surface area contributed by atoms with E-state index in [1.165, 1.54) is 20.8 Å². The van der Waals surface area contributed by atoms with Gasteiger partial charge in [-0.2, -0.15) is 17.6 Å². The van der Waals surface area contributed by atoms with Crippen LogP contribution in [0.1, 0.15) is 58.1 Å². The number of nitrogens with zero attached hydrogens (tertiary/aromatic N) is 3. The van der Waals surface area contributed by atoms with Gasteiger partial charge in [-0.15, -0.1) is 5.10 Å². The molecule has 0 radical (unpaired) electrons. The lowest BCUT2D eigenvalue weighted by Crippen LogP contribution is -2.61. The van der Waals surface area contributed by atoms with Gasteiger partial charge in [0.05, 0.1) is 34.5 Å². The number of carbonyl (C=O) groups is 2. The molecule has 1 saturated carbocycles. The Hall–Kier alpha value is -2.89. The van der Waals surface area contributed by atoms with Crippen molar-refractivity contribution in [3.8, 4) is 5.75 Å². The van der Waals surface area contributed by atoms with Gasteiger partial charge in [-0.1, -0.05) is 0 Å². The fourth-order valence-electron chi connectivity index (χ4n) is 5.02. The Morgan fingerprint density at radius 1 is 1.27 bits per heavy atom. The number of hydrogen-bond donors (Lipinski definition) is 2. The monoisotopic (exact) mass is 473 g/mol. The average Bonchev–Trinajstić information content (AvgIpc) is 2.93. The van der Waals surface area contributed by atoms with Crippen LogP contribution < -0.4 is 4.74 Å². The lowest BCUT2D eigenvalue weighted by molar-refractivity contribution is -0.144. The summed E-state index contributed by atoms with van der Waals surface area (Å²) >= 11 is 0. The molecule has 1 aliphatic heterocycles. The number of likely N-dealkylation sites (tertiary alicyclic amines) is 1. The molecular weight excluding hydrogens is 450 g/mol. The summed E-state index contributed by atoms with van der Waals surface area (Å²) in [6.45, 7) is 4.32. The smallest absolute Gasteiger partial charge is 0.418 e. The first-order chi connectivity index (χ1) is 15.1. The van der Waals surface area contributed by atoms with E-state index in [-0.39, 0.29) is 31.5 Å². The van der Waals surface area contributed by atoms with Crippen molar-refractivity contribution in [3.63, 3.8) is 0 Å². The largest absolute Gasteiger partial charge is 0.468 e. The van der Waals surface area contributed by atoms with Gasteiger partial charge in [-0.3, -0.25) is 14.4 Å². The quantitative estimate of drug-likeness (QED) is 0.651. The van der Waals surface area contributed by atoms with E-state index in [4.69, 9.17) is 4.74 Å². The zero-order valence-electron chi connectivity index (χ0n) is 18.1. The van der Waals surface area contributed by atoms with Gasteiger partial charge in [0, 0.05) is 12.5 Å². The molecule has 12 heteroatoms. The van der Waals surface area contributed by atoms with Crippen LogP contribution in [0.25, 0.3) is 10.9 Å². The number of halogens is 4. The lowest BCUT2D eigenvalue weighted by Gasteiger charge is -2.45. The van der Waals surface area contributed by atoms with Gasteiger partial charge >= 0.3 is 12.3 Å². The highest BCUT2D eigenvalue weighted by Gasteiger charge is 2.48. The third-order valence-electron chi connectivity index (χ3n) is 6.27. The number of rotatable bonds is 3. The first-order valence-corrected chi connectivity index (χ1v) is 10.4. The van der Waals surface area contributed by atoms with Crippen molar-refractivity contribution in [1.29, 1.82) is 0 Å². The van der Waals surface area contributed by atoms with Crippen LogP contribution >= 0.6 is 0 Å².